The lowest BCUT2D eigenvalue weighted by Gasteiger charge is -2.30. The molecule has 52 heavy (non-hydrogen) atoms. The fraction of sp³-hybridized carbons (Fsp3) is 0.450. The Morgan fingerprint density at radius 3 is 1.29 bits per heavy atom. The van der Waals surface area contributed by atoms with Crippen LogP contribution in [0.4, 0.5) is 0 Å². The minimum absolute atomic E-state index is 0.0225. The van der Waals surface area contributed by atoms with Crippen molar-refractivity contribution in [1.82, 2.24) is 40.4 Å². The second-order valence-corrected chi connectivity index (χ2v) is 14.7. The van der Waals surface area contributed by atoms with Crippen molar-refractivity contribution in [3.8, 4) is 33.6 Å². The molecule has 6 rings (SSSR count). The minimum Gasteiger partial charge on any atom is -0.344 e. The molecule has 0 saturated carbocycles. The van der Waals surface area contributed by atoms with E-state index < -0.39 is 12.1 Å². The molecule has 2 fully saturated rings. The number of hydrogen-bond donors (Lipinski definition) is 4. The molecular formula is C40H50N8O4. The van der Waals surface area contributed by atoms with E-state index in [0.717, 1.165) is 71.0 Å². The first-order valence-electron chi connectivity index (χ1n) is 18.4. The van der Waals surface area contributed by atoms with Crippen LogP contribution < -0.4 is 10.6 Å². The number of amides is 4. The standard InChI is InChI=1S/C40H50N8O4/c1-23(2)35(43-25(5)49)39(51)47-19-7-9-33(47)37-41-21-31(45-37)29-15-11-27(12-16-29)28-13-17-30(18-14-28)32-22-42-38(46-32)34-10-8-20-48(34)40(52)36(24(3)4)44-26(6)50/h11-18,21-24,33-36H,7-10,19-20H2,1-6H3,(H,41,45)(H,42,46)(H,43,49)(H,44,50)/t33-,34-,35+,36+/m0/s1. The molecule has 0 radical (unpaired) electrons. The topological polar surface area (TPSA) is 156 Å². The summed E-state index contributed by atoms with van der Waals surface area (Å²) in [5, 5.41) is 5.66. The highest BCUT2D eigenvalue weighted by molar-refractivity contribution is 5.88. The molecule has 2 aliphatic rings. The van der Waals surface area contributed by atoms with E-state index >= 15 is 0 Å². The van der Waals surface area contributed by atoms with Crippen LogP contribution in [-0.4, -0.2) is 78.5 Å². The fourth-order valence-corrected chi connectivity index (χ4v) is 7.44. The first kappa shape index (κ1) is 36.5. The van der Waals surface area contributed by atoms with Crippen molar-refractivity contribution in [2.45, 2.75) is 91.4 Å². The number of nitrogens with one attached hydrogen (secondary N) is 4. The summed E-state index contributed by atoms with van der Waals surface area (Å²) in [6.45, 7) is 11.9. The molecule has 2 aliphatic heterocycles. The molecule has 4 amide bonds. The zero-order valence-electron chi connectivity index (χ0n) is 30.9. The monoisotopic (exact) mass is 706 g/mol. The second kappa shape index (κ2) is 15.5. The fourth-order valence-electron chi connectivity index (χ4n) is 7.44. The molecule has 0 unspecified atom stereocenters. The molecule has 4 atom stereocenters. The van der Waals surface area contributed by atoms with Crippen molar-refractivity contribution in [1.29, 1.82) is 0 Å². The normalized spacial score (nSPS) is 18.5. The molecule has 4 aromatic rings. The third-order valence-corrected chi connectivity index (χ3v) is 10.2. The summed E-state index contributed by atoms with van der Waals surface area (Å²) >= 11 is 0. The number of benzene rings is 2. The van der Waals surface area contributed by atoms with Crippen molar-refractivity contribution in [3.63, 3.8) is 0 Å². The second-order valence-electron chi connectivity index (χ2n) is 14.7. The predicted molar refractivity (Wildman–Crippen MR) is 199 cm³/mol. The van der Waals surface area contributed by atoms with Crippen molar-refractivity contribution in [2.75, 3.05) is 13.1 Å². The zero-order chi connectivity index (χ0) is 37.1. The van der Waals surface area contributed by atoms with Crippen LogP contribution in [0.3, 0.4) is 0 Å². The number of carbonyl (C=O) groups excluding carboxylic acids is 4. The summed E-state index contributed by atoms with van der Waals surface area (Å²) in [5.41, 5.74) is 5.90. The summed E-state index contributed by atoms with van der Waals surface area (Å²) in [6.07, 6.45) is 7.03. The highest BCUT2D eigenvalue weighted by atomic mass is 16.2. The Hall–Kier alpha value is -5.26. The first-order chi connectivity index (χ1) is 24.9. The van der Waals surface area contributed by atoms with E-state index in [1.165, 1.54) is 13.8 Å². The van der Waals surface area contributed by atoms with Crippen molar-refractivity contribution in [2.24, 2.45) is 11.8 Å². The molecule has 12 heteroatoms. The SMILES string of the molecule is CC(=O)N[C@@H](C(=O)N1CCC[C@H]1c1ncc(-c2ccc(-c3ccc(-c4cnc([C@@H]5CCCN5C(=O)[C@H](NC(C)=O)C(C)C)[nH]4)cc3)cc2)[nH]1)C(C)C. The highest BCUT2D eigenvalue weighted by Gasteiger charge is 2.38. The van der Waals surface area contributed by atoms with Crippen LogP contribution in [0, 0.1) is 11.8 Å². The maximum atomic E-state index is 13.5. The van der Waals surface area contributed by atoms with Crippen LogP contribution in [0.5, 0.6) is 0 Å². The summed E-state index contributed by atoms with van der Waals surface area (Å²) in [7, 11) is 0. The summed E-state index contributed by atoms with van der Waals surface area (Å²) in [4.78, 5) is 70.4. The van der Waals surface area contributed by atoms with E-state index in [-0.39, 0.29) is 47.5 Å². The van der Waals surface area contributed by atoms with Crippen LogP contribution >= 0.6 is 0 Å². The van der Waals surface area contributed by atoms with Crippen molar-refractivity contribution in [3.05, 3.63) is 72.6 Å². The molecule has 4 N–H and O–H groups in total. The van der Waals surface area contributed by atoms with Gasteiger partial charge >= 0.3 is 0 Å². The van der Waals surface area contributed by atoms with E-state index in [1.54, 1.807) is 0 Å². The van der Waals surface area contributed by atoms with Gasteiger partial charge in [-0.25, -0.2) is 9.97 Å². The number of imidazole rings is 2. The molecule has 0 spiro atoms. The lowest BCUT2D eigenvalue weighted by atomic mass is 10.0. The number of carbonyl (C=O) groups is 4. The largest absolute Gasteiger partial charge is 0.344 e. The van der Waals surface area contributed by atoms with Gasteiger partial charge in [-0.15, -0.1) is 0 Å². The van der Waals surface area contributed by atoms with Gasteiger partial charge < -0.3 is 30.4 Å². The van der Waals surface area contributed by atoms with Gasteiger partial charge in [0.1, 0.15) is 23.7 Å². The highest BCUT2D eigenvalue weighted by Crippen LogP contribution is 2.35. The van der Waals surface area contributed by atoms with Gasteiger partial charge in [0.05, 0.1) is 35.9 Å². The number of nitrogens with zero attached hydrogens (tertiary/aromatic N) is 4. The zero-order valence-corrected chi connectivity index (χ0v) is 30.9. The van der Waals surface area contributed by atoms with Gasteiger partial charge in [-0.3, -0.25) is 19.2 Å². The van der Waals surface area contributed by atoms with Crippen molar-refractivity contribution >= 4 is 23.6 Å². The van der Waals surface area contributed by atoms with E-state index in [4.69, 9.17) is 0 Å². The Labute approximate surface area is 305 Å². The molecule has 12 nitrogen and oxygen atoms in total. The summed E-state index contributed by atoms with van der Waals surface area (Å²) in [6, 6.07) is 15.2. The average molecular weight is 707 g/mol. The Balaban J connectivity index is 1.11. The molecule has 0 aliphatic carbocycles. The number of hydrogen-bond acceptors (Lipinski definition) is 6. The Kier molecular flexibility index (Phi) is 10.9. The Morgan fingerprint density at radius 2 is 0.962 bits per heavy atom. The third-order valence-electron chi connectivity index (χ3n) is 10.2. The van der Waals surface area contributed by atoms with E-state index in [2.05, 4.69) is 79.1 Å². The molecule has 2 aromatic carbocycles. The minimum atomic E-state index is -0.563. The third kappa shape index (κ3) is 7.80. The van der Waals surface area contributed by atoms with Crippen LogP contribution in [-0.2, 0) is 19.2 Å². The molecule has 2 saturated heterocycles. The van der Waals surface area contributed by atoms with Gasteiger partial charge in [-0.1, -0.05) is 76.2 Å². The van der Waals surface area contributed by atoms with Gasteiger partial charge in [0.15, 0.2) is 0 Å². The van der Waals surface area contributed by atoms with Crippen LogP contribution in [0.1, 0.15) is 91.0 Å². The predicted octanol–water partition coefficient (Wildman–Crippen LogP) is 5.78. The van der Waals surface area contributed by atoms with Gasteiger partial charge in [0.2, 0.25) is 23.6 Å². The van der Waals surface area contributed by atoms with Crippen LogP contribution in [0.25, 0.3) is 33.6 Å². The molecular weight excluding hydrogens is 656 g/mol. The summed E-state index contributed by atoms with van der Waals surface area (Å²) in [5.74, 6) is 0.906. The lowest BCUT2D eigenvalue weighted by molar-refractivity contribution is -0.138. The maximum Gasteiger partial charge on any atom is 0.246 e. The average Bonchev–Trinajstić information content (AvgIpc) is 3.95. The number of aromatic amines is 2. The number of likely N-dealkylation sites (tertiary alicyclic amines) is 2. The van der Waals surface area contributed by atoms with Gasteiger partial charge in [0, 0.05) is 26.9 Å². The van der Waals surface area contributed by atoms with Crippen molar-refractivity contribution < 1.29 is 19.2 Å². The number of H-pyrrole nitrogens is 2. The molecule has 274 valence electrons. The first-order valence-corrected chi connectivity index (χ1v) is 18.4. The van der Waals surface area contributed by atoms with Gasteiger partial charge in [0.25, 0.3) is 0 Å². The lowest BCUT2D eigenvalue weighted by Crippen LogP contribution is -2.50. The maximum absolute atomic E-state index is 13.5. The molecule has 4 heterocycles. The quantitative estimate of drug-likeness (QED) is 0.155. The van der Waals surface area contributed by atoms with E-state index in [1.807, 2.05) is 49.9 Å². The van der Waals surface area contributed by atoms with Crippen LogP contribution in [0.2, 0.25) is 0 Å². The van der Waals surface area contributed by atoms with Crippen LogP contribution in [0.15, 0.2) is 60.9 Å². The van der Waals surface area contributed by atoms with Gasteiger partial charge in [-0.2, -0.15) is 0 Å². The van der Waals surface area contributed by atoms with Gasteiger partial charge in [-0.05, 0) is 59.8 Å². The smallest absolute Gasteiger partial charge is 0.246 e. The van der Waals surface area contributed by atoms with E-state index in [9.17, 15) is 19.2 Å². The number of rotatable bonds is 11. The van der Waals surface area contributed by atoms with E-state index in [0.29, 0.717) is 13.1 Å². The molecule has 0 bridgehead atoms. The summed E-state index contributed by atoms with van der Waals surface area (Å²) < 4.78 is 0. The molecule has 2 aromatic heterocycles. The number of aromatic nitrogens is 4. The Morgan fingerprint density at radius 1 is 0.615 bits per heavy atom. The Bertz CT molecular complexity index is 1760.